The smallest absolute Gasteiger partial charge is 0.303 e. The van der Waals surface area contributed by atoms with Gasteiger partial charge in [-0.3, -0.25) is 9.59 Å². The van der Waals surface area contributed by atoms with Crippen LogP contribution in [0.25, 0.3) is 0 Å². The maximum atomic E-state index is 11.9. The van der Waals surface area contributed by atoms with E-state index in [0.29, 0.717) is 11.1 Å². The van der Waals surface area contributed by atoms with E-state index in [2.05, 4.69) is 5.32 Å². The molecular formula is C13H18N2O5S. The molecule has 7 nitrogen and oxygen atoms in total. The van der Waals surface area contributed by atoms with Gasteiger partial charge in [0.15, 0.2) is 0 Å². The van der Waals surface area contributed by atoms with Crippen molar-refractivity contribution < 1.29 is 23.1 Å². The van der Waals surface area contributed by atoms with E-state index in [1.807, 2.05) is 0 Å². The first-order valence-electron chi connectivity index (χ1n) is 6.27. The van der Waals surface area contributed by atoms with E-state index in [1.54, 1.807) is 25.1 Å². The second-order valence-corrected chi connectivity index (χ2v) is 6.54. The molecule has 0 aliphatic carbocycles. The summed E-state index contributed by atoms with van der Waals surface area (Å²) in [6.07, 6.45) is -0.0360. The Balaban J connectivity index is 2.66. The van der Waals surface area contributed by atoms with Gasteiger partial charge in [0.1, 0.15) is 0 Å². The lowest BCUT2D eigenvalue weighted by atomic mass is 10.1. The Labute approximate surface area is 123 Å². The number of rotatable bonds is 7. The van der Waals surface area contributed by atoms with Crippen molar-refractivity contribution in [2.45, 2.75) is 19.1 Å². The highest BCUT2D eigenvalue weighted by Crippen LogP contribution is 2.08. The number of benzene rings is 1. The highest BCUT2D eigenvalue weighted by atomic mass is 32.2. The molecule has 1 atom stereocenters. The van der Waals surface area contributed by atoms with E-state index in [4.69, 9.17) is 10.2 Å². The number of carbonyl (C=O) groups excluding carboxylic acids is 1. The average Bonchev–Trinajstić information content (AvgIpc) is 2.33. The number of nitrogens with one attached hydrogen (secondary N) is 1. The maximum Gasteiger partial charge on any atom is 0.303 e. The Morgan fingerprint density at radius 1 is 1.38 bits per heavy atom. The fraction of sp³-hybridized carbons (Fsp3) is 0.385. The second kappa shape index (κ2) is 7.19. The van der Waals surface area contributed by atoms with Gasteiger partial charge in [-0.05, 0) is 23.6 Å². The summed E-state index contributed by atoms with van der Waals surface area (Å²) >= 11 is 0. The Morgan fingerprint density at radius 2 is 2.05 bits per heavy atom. The van der Waals surface area contributed by atoms with Crippen molar-refractivity contribution in [3.8, 4) is 0 Å². The molecule has 1 aromatic rings. The van der Waals surface area contributed by atoms with Gasteiger partial charge in [-0.2, -0.15) is 0 Å². The van der Waals surface area contributed by atoms with Crippen molar-refractivity contribution in [1.82, 2.24) is 5.32 Å². The van der Waals surface area contributed by atoms with Gasteiger partial charge in [0, 0.05) is 18.5 Å². The van der Waals surface area contributed by atoms with Crippen LogP contribution in [0.4, 0.5) is 0 Å². The number of hydrogen-bond acceptors (Lipinski definition) is 4. The number of carboxylic acids is 1. The lowest BCUT2D eigenvalue weighted by molar-refractivity contribution is -0.137. The van der Waals surface area contributed by atoms with Crippen molar-refractivity contribution in [1.29, 1.82) is 0 Å². The summed E-state index contributed by atoms with van der Waals surface area (Å²) in [5, 5.41) is 16.2. The van der Waals surface area contributed by atoms with E-state index in [-0.39, 0.29) is 30.5 Å². The monoisotopic (exact) mass is 314 g/mol. The van der Waals surface area contributed by atoms with E-state index in [1.165, 1.54) is 6.07 Å². The van der Waals surface area contributed by atoms with Crippen LogP contribution in [0.5, 0.6) is 0 Å². The first-order valence-corrected chi connectivity index (χ1v) is 7.98. The van der Waals surface area contributed by atoms with Crippen LogP contribution in [-0.4, -0.2) is 31.9 Å². The first-order chi connectivity index (χ1) is 9.67. The van der Waals surface area contributed by atoms with Crippen LogP contribution in [0, 0.1) is 5.92 Å². The Hall–Kier alpha value is -1.93. The average molecular weight is 314 g/mol. The second-order valence-electron chi connectivity index (χ2n) is 4.92. The number of nitrogens with two attached hydrogens (primary N) is 1. The predicted molar refractivity (Wildman–Crippen MR) is 77.0 cm³/mol. The molecular weight excluding hydrogens is 296 g/mol. The van der Waals surface area contributed by atoms with E-state index in [0.717, 1.165) is 0 Å². The normalized spacial score (nSPS) is 12.7. The third-order valence-corrected chi connectivity index (χ3v) is 3.43. The third-order valence-electron chi connectivity index (χ3n) is 2.69. The summed E-state index contributed by atoms with van der Waals surface area (Å²) in [5.41, 5.74) is 0.724. The van der Waals surface area contributed by atoms with Gasteiger partial charge in [-0.1, -0.05) is 19.1 Å². The summed E-state index contributed by atoms with van der Waals surface area (Å²) in [7, 11) is -3.66. The molecule has 1 unspecified atom stereocenters. The summed E-state index contributed by atoms with van der Waals surface area (Å²) < 4.78 is 22.0. The molecule has 0 aromatic heterocycles. The van der Waals surface area contributed by atoms with E-state index >= 15 is 0 Å². The number of hydrogen-bond donors (Lipinski definition) is 3. The van der Waals surface area contributed by atoms with Gasteiger partial charge in [0.2, 0.25) is 10.0 Å². The Morgan fingerprint density at radius 3 is 2.62 bits per heavy atom. The largest absolute Gasteiger partial charge is 0.481 e. The molecule has 0 aliphatic heterocycles. The van der Waals surface area contributed by atoms with E-state index in [9.17, 15) is 18.0 Å². The first kappa shape index (κ1) is 17.1. The van der Waals surface area contributed by atoms with Gasteiger partial charge < -0.3 is 10.4 Å². The van der Waals surface area contributed by atoms with Crippen molar-refractivity contribution in [2.24, 2.45) is 11.1 Å². The van der Waals surface area contributed by atoms with Crippen LogP contribution < -0.4 is 10.5 Å². The van der Waals surface area contributed by atoms with Gasteiger partial charge in [-0.25, -0.2) is 13.6 Å². The number of sulfonamides is 1. The van der Waals surface area contributed by atoms with Gasteiger partial charge >= 0.3 is 5.97 Å². The molecule has 0 saturated heterocycles. The van der Waals surface area contributed by atoms with Gasteiger partial charge in [0.05, 0.1) is 5.75 Å². The molecule has 0 heterocycles. The fourth-order valence-electron chi connectivity index (χ4n) is 1.77. The molecule has 1 aromatic carbocycles. The van der Waals surface area contributed by atoms with Crippen molar-refractivity contribution in [2.75, 3.05) is 6.54 Å². The lowest BCUT2D eigenvalue weighted by Crippen LogP contribution is -2.29. The fourth-order valence-corrected chi connectivity index (χ4v) is 2.42. The summed E-state index contributed by atoms with van der Waals surface area (Å²) in [6, 6.07) is 6.12. The number of primary sulfonamides is 1. The summed E-state index contributed by atoms with van der Waals surface area (Å²) in [4.78, 5) is 22.4. The molecule has 0 radical (unpaired) electrons. The van der Waals surface area contributed by atoms with Crippen molar-refractivity contribution >= 4 is 21.9 Å². The molecule has 21 heavy (non-hydrogen) atoms. The van der Waals surface area contributed by atoms with Crippen LogP contribution >= 0.6 is 0 Å². The zero-order valence-electron chi connectivity index (χ0n) is 11.6. The molecule has 1 rings (SSSR count). The van der Waals surface area contributed by atoms with Crippen LogP contribution in [-0.2, 0) is 20.6 Å². The van der Waals surface area contributed by atoms with Gasteiger partial charge in [-0.15, -0.1) is 0 Å². The topological polar surface area (TPSA) is 127 Å². The van der Waals surface area contributed by atoms with Crippen molar-refractivity contribution in [3.05, 3.63) is 35.4 Å². The van der Waals surface area contributed by atoms with Crippen LogP contribution in [0.1, 0.15) is 29.3 Å². The molecule has 0 spiro atoms. The molecule has 8 heteroatoms. The summed E-state index contributed by atoms with van der Waals surface area (Å²) in [5.74, 6) is -1.85. The molecule has 0 aliphatic rings. The lowest BCUT2D eigenvalue weighted by Gasteiger charge is -2.11. The zero-order chi connectivity index (χ0) is 16.0. The zero-order valence-corrected chi connectivity index (χ0v) is 12.4. The SMILES string of the molecule is CC(CNC(=O)c1cccc(CS(N)(=O)=O)c1)CC(=O)O. The number of carboxylic acid groups (broad SMARTS) is 1. The minimum absolute atomic E-state index is 0.0360. The summed E-state index contributed by atoms with van der Waals surface area (Å²) in [6.45, 7) is 1.94. The number of carbonyl (C=O) groups is 2. The highest BCUT2D eigenvalue weighted by Gasteiger charge is 2.12. The molecule has 4 N–H and O–H groups in total. The Kier molecular flexibility index (Phi) is 5.86. The van der Waals surface area contributed by atoms with E-state index < -0.39 is 16.0 Å². The van der Waals surface area contributed by atoms with Gasteiger partial charge in [0.25, 0.3) is 5.91 Å². The molecule has 0 bridgehead atoms. The standard InChI is InChI=1S/C13H18N2O5S/c1-9(5-12(16)17)7-15-13(18)11-4-2-3-10(6-11)8-21(14,19)20/h2-4,6,9H,5,7-8H2,1H3,(H,15,18)(H,16,17)(H2,14,19,20). The highest BCUT2D eigenvalue weighted by molar-refractivity contribution is 7.88. The van der Waals surface area contributed by atoms with Crippen molar-refractivity contribution in [3.63, 3.8) is 0 Å². The Bertz CT molecular complexity index is 627. The molecule has 0 fully saturated rings. The maximum absolute atomic E-state index is 11.9. The predicted octanol–water partition coefficient (Wildman–Crippen LogP) is 0.316. The molecule has 116 valence electrons. The van der Waals surface area contributed by atoms with Crippen LogP contribution in [0.3, 0.4) is 0 Å². The number of amides is 1. The molecule has 1 amide bonds. The van der Waals surface area contributed by atoms with Crippen LogP contribution in [0.2, 0.25) is 0 Å². The minimum atomic E-state index is -3.66. The quantitative estimate of drug-likeness (QED) is 0.668. The molecule has 0 saturated carbocycles. The van der Waals surface area contributed by atoms with Crippen LogP contribution in [0.15, 0.2) is 24.3 Å². The number of aliphatic carboxylic acids is 1. The minimum Gasteiger partial charge on any atom is -0.481 e. The third kappa shape index (κ3) is 6.87.